The molecule has 3 aromatic carbocycles. The average Bonchev–Trinajstić information content (AvgIpc) is 2.68. The molecule has 3 rings (SSSR count). The second-order valence-corrected chi connectivity index (χ2v) is 10.6. The first kappa shape index (κ1) is 23.1. The van der Waals surface area contributed by atoms with Crippen LogP contribution in [-0.4, -0.2) is 23.1 Å². The van der Waals surface area contributed by atoms with Crippen molar-refractivity contribution in [1.29, 1.82) is 0 Å². The van der Waals surface area contributed by atoms with Crippen molar-refractivity contribution >= 4 is 31.5 Å². The van der Waals surface area contributed by atoms with E-state index in [0.29, 0.717) is 5.56 Å². The molecule has 0 atom stereocenters. The second-order valence-electron chi connectivity index (χ2n) is 6.48. The van der Waals surface area contributed by atoms with Crippen LogP contribution in [0.3, 0.4) is 0 Å². The van der Waals surface area contributed by atoms with Gasteiger partial charge in [0.1, 0.15) is 32.9 Å². The third-order valence-corrected chi connectivity index (χ3v) is 6.80. The highest BCUT2D eigenvalue weighted by Crippen LogP contribution is 2.36. The fraction of sp³-hybridized carbons (Fsp3) is 0.100. The smallest absolute Gasteiger partial charge is 0.216 e. The summed E-state index contributed by atoms with van der Waals surface area (Å²) in [5.74, 6) is -2.45. The third-order valence-electron chi connectivity index (χ3n) is 4.07. The zero-order valence-electron chi connectivity index (χ0n) is 16.0. The van der Waals surface area contributed by atoms with Gasteiger partial charge in [-0.15, -0.1) is 0 Å². The Hall–Kier alpha value is -2.53. The Morgan fingerprint density at radius 3 is 2.13 bits per heavy atom. The Kier molecular flexibility index (Phi) is 6.65. The Labute approximate surface area is 183 Å². The summed E-state index contributed by atoms with van der Waals surface area (Å²) in [5.41, 5.74) is 0.634. The molecule has 0 saturated carbocycles. The van der Waals surface area contributed by atoms with E-state index >= 15 is 0 Å². The molecule has 0 radical (unpaired) electrons. The van der Waals surface area contributed by atoms with Crippen LogP contribution < -0.4 is 9.46 Å². The lowest BCUT2D eigenvalue weighted by Gasteiger charge is -2.14. The number of sulfone groups is 1. The van der Waals surface area contributed by atoms with Gasteiger partial charge in [0.15, 0.2) is 0 Å². The molecule has 0 aliphatic heterocycles. The van der Waals surface area contributed by atoms with E-state index in [2.05, 4.69) is 4.72 Å². The Bertz CT molecular complexity index is 1310. The number of hydrogen-bond acceptors (Lipinski definition) is 5. The molecule has 0 heterocycles. The molecule has 11 heteroatoms. The van der Waals surface area contributed by atoms with Gasteiger partial charge in [-0.2, -0.15) is 0 Å². The lowest BCUT2D eigenvalue weighted by Crippen LogP contribution is -2.21. The zero-order chi connectivity index (χ0) is 22.8. The van der Waals surface area contributed by atoms with Gasteiger partial charge in [0.2, 0.25) is 19.9 Å². The number of benzene rings is 3. The molecule has 0 amide bonds. The molecule has 0 bridgehead atoms. The normalized spacial score (nSPS) is 12.0. The van der Waals surface area contributed by atoms with Gasteiger partial charge in [-0.25, -0.2) is 30.3 Å². The van der Waals surface area contributed by atoms with E-state index in [1.54, 1.807) is 12.1 Å². The van der Waals surface area contributed by atoms with Crippen molar-refractivity contribution in [2.45, 2.75) is 16.3 Å². The number of nitrogens with one attached hydrogen (secondary N) is 1. The van der Waals surface area contributed by atoms with E-state index in [0.717, 1.165) is 30.5 Å². The van der Waals surface area contributed by atoms with Crippen molar-refractivity contribution in [2.75, 3.05) is 6.26 Å². The molecule has 6 nitrogen and oxygen atoms in total. The number of halogens is 3. The molecule has 0 fully saturated rings. The first-order valence-corrected chi connectivity index (χ1v) is 12.4. The minimum atomic E-state index is -4.64. The van der Waals surface area contributed by atoms with Crippen molar-refractivity contribution < 1.29 is 30.4 Å². The van der Waals surface area contributed by atoms with Crippen LogP contribution in [0.4, 0.5) is 8.78 Å². The van der Waals surface area contributed by atoms with E-state index in [1.165, 1.54) is 24.3 Å². The van der Waals surface area contributed by atoms with Crippen molar-refractivity contribution in [1.82, 2.24) is 4.72 Å². The predicted octanol–water partition coefficient (Wildman–Crippen LogP) is 4.29. The van der Waals surface area contributed by atoms with Crippen LogP contribution in [0.1, 0.15) is 5.56 Å². The quantitative estimate of drug-likeness (QED) is 0.537. The fourth-order valence-electron chi connectivity index (χ4n) is 2.64. The topological polar surface area (TPSA) is 89.5 Å². The largest absolute Gasteiger partial charge is 0.456 e. The predicted molar refractivity (Wildman–Crippen MR) is 111 cm³/mol. The molecule has 0 unspecified atom stereocenters. The van der Waals surface area contributed by atoms with Gasteiger partial charge >= 0.3 is 0 Å². The number of hydrogen-bond donors (Lipinski definition) is 1. The summed E-state index contributed by atoms with van der Waals surface area (Å²) in [4.78, 5) is -1.61. The molecular formula is C20H16ClF2NO5S2. The van der Waals surface area contributed by atoms with E-state index < -0.39 is 41.3 Å². The molecule has 164 valence electrons. The lowest BCUT2D eigenvalue weighted by molar-refractivity contribution is 0.465. The summed E-state index contributed by atoms with van der Waals surface area (Å²) < 4.78 is 84.6. The third kappa shape index (κ3) is 5.59. The number of rotatable bonds is 7. The van der Waals surface area contributed by atoms with Gasteiger partial charge in [0, 0.05) is 11.6 Å². The maximum Gasteiger partial charge on any atom is 0.216 e. The average molecular weight is 488 g/mol. The minimum absolute atomic E-state index is 0.0323. The molecule has 0 aliphatic rings. The monoisotopic (exact) mass is 487 g/mol. The first-order chi connectivity index (χ1) is 14.5. The van der Waals surface area contributed by atoms with Gasteiger partial charge in [0.25, 0.3) is 0 Å². The van der Waals surface area contributed by atoms with Crippen LogP contribution >= 0.6 is 11.6 Å². The Morgan fingerprint density at radius 1 is 0.935 bits per heavy atom. The highest BCUT2D eigenvalue weighted by molar-refractivity contribution is 7.91. The maximum atomic E-state index is 14.2. The first-order valence-electron chi connectivity index (χ1n) is 8.67. The SMILES string of the molecule is CS(=O)(=O)NCc1ccc(Oc2ccc(Cl)cc2S(=O)(=O)c2c(F)cccc2F)cc1. The van der Waals surface area contributed by atoms with Crippen molar-refractivity contribution in [2.24, 2.45) is 0 Å². The maximum absolute atomic E-state index is 14.2. The van der Waals surface area contributed by atoms with Gasteiger partial charge in [-0.1, -0.05) is 29.8 Å². The van der Waals surface area contributed by atoms with Crippen molar-refractivity contribution in [3.05, 3.63) is 82.9 Å². The van der Waals surface area contributed by atoms with Crippen LogP contribution in [0.25, 0.3) is 0 Å². The summed E-state index contributed by atoms with van der Waals surface area (Å²) in [6, 6.07) is 12.6. The molecule has 3 aromatic rings. The van der Waals surface area contributed by atoms with Crippen LogP contribution in [0.5, 0.6) is 11.5 Å². The molecule has 31 heavy (non-hydrogen) atoms. The van der Waals surface area contributed by atoms with Gasteiger partial charge in [-0.3, -0.25) is 0 Å². The van der Waals surface area contributed by atoms with Gasteiger partial charge in [-0.05, 0) is 48.0 Å². The molecular weight excluding hydrogens is 472 g/mol. The Balaban J connectivity index is 1.96. The molecule has 0 aromatic heterocycles. The van der Waals surface area contributed by atoms with Crippen molar-refractivity contribution in [3.63, 3.8) is 0 Å². The van der Waals surface area contributed by atoms with Crippen LogP contribution in [0, 0.1) is 11.6 Å². The Morgan fingerprint density at radius 2 is 1.55 bits per heavy atom. The summed E-state index contributed by atoms with van der Waals surface area (Å²) in [6.45, 7) is 0.0618. The number of ether oxygens (including phenoxy) is 1. The van der Waals surface area contributed by atoms with E-state index in [-0.39, 0.29) is 23.1 Å². The second kappa shape index (κ2) is 8.91. The number of sulfonamides is 1. The summed E-state index contributed by atoms with van der Waals surface area (Å²) in [6.07, 6.45) is 1.03. The molecule has 0 saturated heterocycles. The highest BCUT2D eigenvalue weighted by Gasteiger charge is 2.29. The van der Waals surface area contributed by atoms with E-state index in [4.69, 9.17) is 16.3 Å². The molecule has 0 spiro atoms. The summed E-state index contributed by atoms with van der Waals surface area (Å²) in [5, 5.41) is 0.0323. The van der Waals surface area contributed by atoms with E-state index in [9.17, 15) is 25.6 Å². The van der Waals surface area contributed by atoms with Gasteiger partial charge in [0.05, 0.1) is 6.26 Å². The zero-order valence-corrected chi connectivity index (χ0v) is 18.4. The standard InChI is InChI=1S/C20H16ClF2NO5S2/c1-30(25,26)24-12-13-5-8-15(9-6-13)29-18-10-7-14(21)11-19(18)31(27,28)20-16(22)3-2-4-17(20)23/h2-11,24H,12H2,1H3. The van der Waals surface area contributed by atoms with Crippen LogP contribution in [0.2, 0.25) is 5.02 Å². The van der Waals surface area contributed by atoms with Crippen LogP contribution in [0.15, 0.2) is 70.5 Å². The molecule has 1 N–H and O–H groups in total. The van der Waals surface area contributed by atoms with Crippen LogP contribution in [-0.2, 0) is 26.4 Å². The van der Waals surface area contributed by atoms with Crippen molar-refractivity contribution in [3.8, 4) is 11.5 Å². The highest BCUT2D eigenvalue weighted by atomic mass is 35.5. The summed E-state index contributed by atoms with van der Waals surface area (Å²) in [7, 11) is -8.01. The van der Waals surface area contributed by atoms with E-state index in [1.807, 2.05) is 0 Å². The minimum Gasteiger partial charge on any atom is -0.456 e. The van der Waals surface area contributed by atoms with Gasteiger partial charge < -0.3 is 4.74 Å². The lowest BCUT2D eigenvalue weighted by atomic mass is 10.2. The fourth-order valence-corrected chi connectivity index (χ4v) is 4.83. The molecule has 0 aliphatic carbocycles. The summed E-state index contributed by atoms with van der Waals surface area (Å²) >= 11 is 5.92.